The molecule has 0 bridgehead atoms. The quantitative estimate of drug-likeness (QED) is 0.492. The predicted molar refractivity (Wildman–Crippen MR) is 92.8 cm³/mol. The van der Waals surface area contributed by atoms with E-state index in [2.05, 4.69) is 63.8 Å². The standard InChI is InChI=1S/C19H25P/c1-14(2)17-10-7-11-18(15(3)4)19(17)20-13-12-16-8-5-6-9-16/h5-8,10-11,14-15,20H,12-13H2,1-4H3. The fourth-order valence-electron chi connectivity index (χ4n) is 2.60. The van der Waals surface area contributed by atoms with Crippen molar-refractivity contribution in [2.45, 2.75) is 46.0 Å². The molecule has 0 saturated carbocycles. The normalized spacial score (nSPS) is 14.2. The van der Waals surface area contributed by atoms with E-state index < -0.39 is 0 Å². The third-order valence-corrected chi connectivity index (χ3v) is 5.16. The SMILES string of the molecule is CC(C)c1cccc(C(C)C)c1PCCC1=C=CC=C1. The molecule has 0 saturated heterocycles. The van der Waals surface area contributed by atoms with E-state index in [1.54, 1.807) is 16.4 Å². The van der Waals surface area contributed by atoms with E-state index in [0.29, 0.717) is 11.8 Å². The van der Waals surface area contributed by atoms with Crippen LogP contribution in [0.1, 0.15) is 57.1 Å². The van der Waals surface area contributed by atoms with Crippen molar-refractivity contribution in [3.05, 3.63) is 58.9 Å². The molecule has 1 aliphatic rings. The zero-order valence-corrected chi connectivity index (χ0v) is 14.0. The molecule has 0 N–H and O–H groups in total. The van der Waals surface area contributed by atoms with Crippen LogP contribution >= 0.6 is 8.58 Å². The highest BCUT2D eigenvalue weighted by molar-refractivity contribution is 7.47. The van der Waals surface area contributed by atoms with E-state index >= 15 is 0 Å². The first-order valence-corrected chi connectivity index (χ1v) is 8.79. The van der Waals surface area contributed by atoms with Crippen LogP contribution in [0.3, 0.4) is 0 Å². The molecule has 0 aliphatic heterocycles. The highest BCUT2D eigenvalue weighted by Gasteiger charge is 2.13. The van der Waals surface area contributed by atoms with Gasteiger partial charge in [0.15, 0.2) is 0 Å². The minimum absolute atomic E-state index is 0.613. The Balaban J connectivity index is 2.15. The topological polar surface area (TPSA) is 0 Å². The molecule has 1 atom stereocenters. The Morgan fingerprint density at radius 1 is 1.05 bits per heavy atom. The summed E-state index contributed by atoms with van der Waals surface area (Å²) in [6.07, 6.45) is 8.67. The Hall–Kier alpha value is -1.09. The monoisotopic (exact) mass is 284 g/mol. The van der Waals surface area contributed by atoms with Crippen LogP contribution in [0.4, 0.5) is 0 Å². The maximum Gasteiger partial charge on any atom is -0.00566 e. The molecule has 1 aliphatic carbocycles. The first-order valence-electron chi connectivity index (χ1n) is 7.58. The van der Waals surface area contributed by atoms with E-state index in [0.717, 1.165) is 15.0 Å². The average molecular weight is 284 g/mol. The second kappa shape index (κ2) is 7.07. The first-order chi connectivity index (χ1) is 9.59. The van der Waals surface area contributed by atoms with Gasteiger partial charge in [-0.25, -0.2) is 0 Å². The molecule has 106 valence electrons. The summed E-state index contributed by atoms with van der Waals surface area (Å²) in [4.78, 5) is 0. The average Bonchev–Trinajstić information content (AvgIpc) is 2.91. The summed E-state index contributed by atoms with van der Waals surface area (Å²) in [5.74, 6) is 1.23. The Bertz CT molecular complexity index is 529. The van der Waals surface area contributed by atoms with Gasteiger partial charge < -0.3 is 0 Å². The second-order valence-electron chi connectivity index (χ2n) is 5.99. The van der Waals surface area contributed by atoms with Crippen molar-refractivity contribution in [2.75, 3.05) is 6.16 Å². The van der Waals surface area contributed by atoms with Gasteiger partial charge in [0.2, 0.25) is 0 Å². The lowest BCUT2D eigenvalue weighted by atomic mass is 9.95. The fraction of sp³-hybridized carbons (Fsp3) is 0.421. The highest BCUT2D eigenvalue weighted by Crippen LogP contribution is 2.28. The van der Waals surface area contributed by atoms with E-state index in [9.17, 15) is 0 Å². The molecule has 20 heavy (non-hydrogen) atoms. The zero-order chi connectivity index (χ0) is 14.5. The maximum atomic E-state index is 3.30. The lowest BCUT2D eigenvalue weighted by Crippen LogP contribution is -2.14. The van der Waals surface area contributed by atoms with Crippen LogP contribution < -0.4 is 5.30 Å². The second-order valence-corrected chi connectivity index (χ2v) is 7.35. The summed E-state index contributed by atoms with van der Waals surface area (Å²) >= 11 is 0. The molecular formula is C19H25P. The van der Waals surface area contributed by atoms with Gasteiger partial charge in [0.05, 0.1) is 0 Å². The minimum atomic E-state index is 0.613. The Labute approximate surface area is 125 Å². The van der Waals surface area contributed by atoms with E-state index in [1.165, 1.54) is 11.7 Å². The summed E-state index contributed by atoms with van der Waals surface area (Å²) in [5.41, 5.74) is 7.74. The predicted octanol–water partition coefficient (Wildman–Crippen LogP) is 5.28. The van der Waals surface area contributed by atoms with Gasteiger partial charge in [0.1, 0.15) is 0 Å². The van der Waals surface area contributed by atoms with Gasteiger partial charge >= 0.3 is 0 Å². The van der Waals surface area contributed by atoms with Gasteiger partial charge in [0.25, 0.3) is 0 Å². The number of rotatable bonds is 6. The molecule has 1 aromatic carbocycles. The van der Waals surface area contributed by atoms with Gasteiger partial charge in [-0.05, 0) is 52.5 Å². The van der Waals surface area contributed by atoms with Crippen LogP contribution in [0.2, 0.25) is 0 Å². The molecular weight excluding hydrogens is 259 g/mol. The molecule has 1 aromatic rings. The summed E-state index contributed by atoms with van der Waals surface area (Å²) < 4.78 is 0. The van der Waals surface area contributed by atoms with Crippen molar-refractivity contribution >= 4 is 13.9 Å². The molecule has 0 amide bonds. The van der Waals surface area contributed by atoms with Crippen LogP contribution in [0, 0.1) is 0 Å². The van der Waals surface area contributed by atoms with Crippen LogP contribution in [-0.2, 0) is 0 Å². The van der Waals surface area contributed by atoms with Gasteiger partial charge in [-0.3, -0.25) is 0 Å². The van der Waals surface area contributed by atoms with E-state index in [4.69, 9.17) is 0 Å². The molecule has 0 radical (unpaired) electrons. The lowest BCUT2D eigenvalue weighted by molar-refractivity contribution is 0.846. The molecule has 0 heterocycles. The first kappa shape index (κ1) is 15.3. The molecule has 0 spiro atoms. The van der Waals surface area contributed by atoms with Gasteiger partial charge in [-0.15, -0.1) is 5.73 Å². The highest BCUT2D eigenvalue weighted by atomic mass is 31.1. The van der Waals surface area contributed by atoms with Crippen LogP contribution in [0.5, 0.6) is 0 Å². The summed E-state index contributed by atoms with van der Waals surface area (Å²) in [6.45, 7) is 9.22. The van der Waals surface area contributed by atoms with Crippen LogP contribution in [-0.4, -0.2) is 6.16 Å². The van der Waals surface area contributed by atoms with E-state index in [-0.39, 0.29) is 0 Å². The smallest absolute Gasteiger partial charge is 0.00566 e. The number of benzene rings is 1. The molecule has 1 heteroatoms. The van der Waals surface area contributed by atoms with Crippen molar-refractivity contribution in [2.24, 2.45) is 0 Å². The summed E-state index contributed by atoms with van der Waals surface area (Å²) in [6, 6.07) is 6.85. The Kier molecular flexibility index (Phi) is 5.41. The Morgan fingerprint density at radius 2 is 1.70 bits per heavy atom. The third-order valence-electron chi connectivity index (χ3n) is 3.73. The van der Waals surface area contributed by atoms with Crippen LogP contribution in [0.25, 0.3) is 0 Å². The lowest BCUT2D eigenvalue weighted by Gasteiger charge is -2.19. The van der Waals surface area contributed by atoms with Gasteiger partial charge in [-0.2, -0.15) is 0 Å². The van der Waals surface area contributed by atoms with E-state index in [1.807, 2.05) is 6.08 Å². The molecule has 0 fully saturated rings. The minimum Gasteiger partial charge on any atom is -0.117 e. The van der Waals surface area contributed by atoms with Crippen molar-refractivity contribution in [3.8, 4) is 0 Å². The molecule has 2 rings (SSSR count). The van der Waals surface area contributed by atoms with Crippen molar-refractivity contribution in [3.63, 3.8) is 0 Å². The third kappa shape index (κ3) is 3.72. The van der Waals surface area contributed by atoms with Crippen molar-refractivity contribution < 1.29 is 0 Å². The molecule has 1 unspecified atom stereocenters. The summed E-state index contributed by atoms with van der Waals surface area (Å²) in [7, 11) is 0.906. The fourth-order valence-corrected chi connectivity index (χ4v) is 4.40. The van der Waals surface area contributed by atoms with Crippen LogP contribution in [0.15, 0.2) is 47.7 Å². The summed E-state index contributed by atoms with van der Waals surface area (Å²) in [5, 5.41) is 1.61. The number of allylic oxidation sites excluding steroid dienone is 3. The maximum absolute atomic E-state index is 3.30. The zero-order valence-electron chi connectivity index (χ0n) is 13.0. The molecule has 0 nitrogen and oxygen atoms in total. The van der Waals surface area contributed by atoms with Gasteiger partial charge in [-0.1, -0.05) is 66.6 Å². The van der Waals surface area contributed by atoms with Gasteiger partial charge in [0, 0.05) is 0 Å². The number of hydrogen-bond acceptors (Lipinski definition) is 0. The van der Waals surface area contributed by atoms with Crippen molar-refractivity contribution in [1.29, 1.82) is 0 Å². The largest absolute Gasteiger partial charge is 0.117 e. The number of hydrogen-bond donors (Lipinski definition) is 0. The Morgan fingerprint density at radius 3 is 2.20 bits per heavy atom. The van der Waals surface area contributed by atoms with Crippen molar-refractivity contribution in [1.82, 2.24) is 0 Å². The molecule has 0 aromatic heterocycles.